The molecule has 20 heavy (non-hydrogen) atoms. The van der Waals surface area contributed by atoms with Crippen LogP contribution in [0.25, 0.3) is 0 Å². The van der Waals surface area contributed by atoms with E-state index < -0.39 is 0 Å². The topological polar surface area (TPSA) is 53.2 Å². The van der Waals surface area contributed by atoms with Crippen molar-refractivity contribution in [2.75, 3.05) is 6.61 Å². The van der Waals surface area contributed by atoms with Gasteiger partial charge in [-0.3, -0.25) is 0 Å². The fourth-order valence-electron chi connectivity index (χ4n) is 1.58. The van der Waals surface area contributed by atoms with Crippen LogP contribution in [-0.4, -0.2) is 11.7 Å². The summed E-state index contributed by atoms with van der Waals surface area (Å²) in [5.41, 5.74) is 1.51. The Morgan fingerprint density at radius 2 is 2.20 bits per heavy atom. The molecule has 0 atom stereocenters. The highest BCUT2D eigenvalue weighted by Crippen LogP contribution is 2.20. The molecule has 2 aromatic rings. The van der Waals surface area contributed by atoms with E-state index in [9.17, 15) is 0 Å². The summed E-state index contributed by atoms with van der Waals surface area (Å²) in [7, 11) is 0. The summed E-state index contributed by atoms with van der Waals surface area (Å²) >= 11 is 1.58. The van der Waals surface area contributed by atoms with Gasteiger partial charge in [-0.2, -0.15) is 5.26 Å². The molecular formula is C16H13NO2S. The van der Waals surface area contributed by atoms with Gasteiger partial charge in [-0.1, -0.05) is 17.9 Å². The number of rotatable bonds is 4. The van der Waals surface area contributed by atoms with Crippen molar-refractivity contribution in [1.82, 2.24) is 0 Å². The Morgan fingerprint density at radius 1 is 1.30 bits per heavy atom. The van der Waals surface area contributed by atoms with Crippen LogP contribution in [0.15, 0.2) is 35.7 Å². The number of thiophene rings is 1. The monoisotopic (exact) mass is 283 g/mol. The number of hydrogen-bond donors (Lipinski definition) is 1. The molecule has 1 heterocycles. The molecule has 0 aliphatic rings. The molecule has 0 fully saturated rings. The van der Waals surface area contributed by atoms with E-state index in [1.807, 2.05) is 17.5 Å². The molecule has 0 spiro atoms. The van der Waals surface area contributed by atoms with E-state index in [0.717, 1.165) is 10.4 Å². The number of ether oxygens (including phenoxy) is 1. The summed E-state index contributed by atoms with van der Waals surface area (Å²) in [4.78, 5) is 1.04. The summed E-state index contributed by atoms with van der Waals surface area (Å²) in [6.07, 6.45) is 0.473. The molecule has 0 saturated heterocycles. The molecule has 0 amide bonds. The second-order valence-corrected chi connectivity index (χ2v) is 4.96. The Kier molecular flexibility index (Phi) is 5.20. The van der Waals surface area contributed by atoms with Crippen molar-refractivity contribution in [3.8, 4) is 23.7 Å². The standard InChI is InChI=1S/C16H13NO2S/c17-11-13-4-3-6-15(10-13)19-12-16-14(7-9-20-16)5-1-2-8-18/h3-4,6-7,9-10,18H,2,8,12H2. The van der Waals surface area contributed by atoms with Crippen LogP contribution in [0, 0.1) is 23.2 Å². The van der Waals surface area contributed by atoms with Gasteiger partial charge in [-0.15, -0.1) is 11.3 Å². The van der Waals surface area contributed by atoms with Gasteiger partial charge in [0, 0.05) is 12.0 Å². The van der Waals surface area contributed by atoms with Crippen LogP contribution in [0.4, 0.5) is 0 Å². The quantitative estimate of drug-likeness (QED) is 0.878. The fraction of sp³-hybridized carbons (Fsp3) is 0.188. The van der Waals surface area contributed by atoms with Gasteiger partial charge in [0.2, 0.25) is 0 Å². The smallest absolute Gasteiger partial charge is 0.124 e. The SMILES string of the molecule is N#Cc1cccc(OCc2sccc2C#CCCO)c1. The van der Waals surface area contributed by atoms with Gasteiger partial charge in [0.25, 0.3) is 0 Å². The van der Waals surface area contributed by atoms with Crippen LogP contribution in [-0.2, 0) is 6.61 Å². The normalized spacial score (nSPS) is 9.40. The zero-order chi connectivity index (χ0) is 14.2. The van der Waals surface area contributed by atoms with Crippen molar-refractivity contribution in [1.29, 1.82) is 5.26 Å². The van der Waals surface area contributed by atoms with E-state index in [4.69, 9.17) is 15.1 Å². The third kappa shape index (κ3) is 3.86. The molecule has 2 rings (SSSR count). The zero-order valence-electron chi connectivity index (χ0n) is 10.8. The molecule has 0 aliphatic carbocycles. The van der Waals surface area contributed by atoms with Crippen LogP contribution >= 0.6 is 11.3 Å². The molecule has 4 heteroatoms. The molecule has 0 radical (unpaired) electrons. The molecular weight excluding hydrogens is 270 g/mol. The Hall–Kier alpha value is -2.27. The van der Waals surface area contributed by atoms with Crippen molar-refractivity contribution in [3.05, 3.63) is 51.7 Å². The summed E-state index contributed by atoms with van der Waals surface area (Å²) in [5.74, 6) is 6.60. The largest absolute Gasteiger partial charge is 0.488 e. The number of nitrogens with zero attached hydrogens (tertiary/aromatic N) is 1. The number of benzene rings is 1. The lowest BCUT2D eigenvalue weighted by Gasteiger charge is -2.05. The van der Waals surface area contributed by atoms with Gasteiger partial charge < -0.3 is 9.84 Å². The van der Waals surface area contributed by atoms with Crippen molar-refractivity contribution < 1.29 is 9.84 Å². The second kappa shape index (κ2) is 7.35. The van der Waals surface area contributed by atoms with Gasteiger partial charge >= 0.3 is 0 Å². The average Bonchev–Trinajstić information content (AvgIpc) is 2.93. The molecule has 1 N–H and O–H groups in total. The van der Waals surface area contributed by atoms with Crippen molar-refractivity contribution >= 4 is 11.3 Å². The molecule has 0 aliphatic heterocycles. The first kappa shape index (κ1) is 14.1. The average molecular weight is 283 g/mol. The maximum absolute atomic E-state index is 8.84. The lowest BCUT2D eigenvalue weighted by molar-refractivity contribution is 0.305. The van der Waals surface area contributed by atoms with E-state index in [2.05, 4.69) is 17.9 Å². The molecule has 0 bridgehead atoms. The lowest BCUT2D eigenvalue weighted by atomic mass is 10.2. The number of aliphatic hydroxyl groups excluding tert-OH is 1. The Labute approximate surface area is 122 Å². The number of hydrogen-bond acceptors (Lipinski definition) is 4. The summed E-state index contributed by atoms with van der Waals surface area (Å²) < 4.78 is 5.68. The highest BCUT2D eigenvalue weighted by molar-refractivity contribution is 7.10. The van der Waals surface area contributed by atoms with Gasteiger partial charge in [-0.25, -0.2) is 0 Å². The molecule has 3 nitrogen and oxygen atoms in total. The van der Waals surface area contributed by atoms with Crippen molar-refractivity contribution in [2.45, 2.75) is 13.0 Å². The van der Waals surface area contributed by atoms with Gasteiger partial charge in [0.1, 0.15) is 12.4 Å². The zero-order valence-corrected chi connectivity index (χ0v) is 11.6. The van der Waals surface area contributed by atoms with Crippen molar-refractivity contribution in [3.63, 3.8) is 0 Å². The minimum absolute atomic E-state index is 0.0733. The summed E-state index contributed by atoms with van der Waals surface area (Å²) in [6.45, 7) is 0.500. The lowest BCUT2D eigenvalue weighted by Crippen LogP contribution is -1.95. The maximum Gasteiger partial charge on any atom is 0.124 e. The molecule has 1 aromatic carbocycles. The van der Waals surface area contributed by atoms with Crippen LogP contribution < -0.4 is 4.74 Å². The van der Waals surface area contributed by atoms with Crippen LogP contribution in [0.2, 0.25) is 0 Å². The van der Waals surface area contributed by atoms with Crippen LogP contribution in [0.5, 0.6) is 5.75 Å². The maximum atomic E-state index is 8.84. The summed E-state index contributed by atoms with van der Waals surface area (Å²) in [6, 6.07) is 11.1. The first-order chi connectivity index (χ1) is 9.83. The van der Waals surface area contributed by atoms with E-state index in [1.54, 1.807) is 29.5 Å². The van der Waals surface area contributed by atoms with E-state index in [1.165, 1.54) is 0 Å². The third-order valence-corrected chi connectivity index (χ3v) is 3.43. The Bertz CT molecular complexity index is 674. The van der Waals surface area contributed by atoms with Crippen LogP contribution in [0.3, 0.4) is 0 Å². The van der Waals surface area contributed by atoms with Crippen LogP contribution in [0.1, 0.15) is 22.4 Å². The highest BCUT2D eigenvalue weighted by atomic mass is 32.1. The number of aliphatic hydroxyl groups is 1. The number of nitriles is 1. The third-order valence-electron chi connectivity index (χ3n) is 2.54. The molecule has 1 aromatic heterocycles. The van der Waals surface area contributed by atoms with Gasteiger partial charge in [0.15, 0.2) is 0 Å². The summed E-state index contributed by atoms with van der Waals surface area (Å²) in [5, 5.41) is 19.5. The van der Waals surface area contributed by atoms with Gasteiger partial charge in [-0.05, 0) is 29.6 Å². The van der Waals surface area contributed by atoms with E-state index >= 15 is 0 Å². The Morgan fingerprint density at radius 3 is 3.00 bits per heavy atom. The van der Waals surface area contributed by atoms with Gasteiger partial charge in [0.05, 0.1) is 23.1 Å². The Balaban J connectivity index is 2.03. The highest BCUT2D eigenvalue weighted by Gasteiger charge is 2.03. The van der Waals surface area contributed by atoms with E-state index in [-0.39, 0.29) is 6.61 Å². The first-order valence-electron chi connectivity index (χ1n) is 6.12. The predicted molar refractivity (Wildman–Crippen MR) is 78.4 cm³/mol. The molecule has 0 saturated carbocycles. The second-order valence-electron chi connectivity index (χ2n) is 3.96. The van der Waals surface area contributed by atoms with Crippen molar-refractivity contribution in [2.24, 2.45) is 0 Å². The fourth-order valence-corrected chi connectivity index (χ4v) is 2.32. The molecule has 100 valence electrons. The minimum atomic E-state index is 0.0733. The molecule has 0 unspecified atom stereocenters. The predicted octanol–water partition coefficient (Wildman–Crippen LogP) is 2.93. The van der Waals surface area contributed by atoms with E-state index in [0.29, 0.717) is 24.3 Å². The minimum Gasteiger partial charge on any atom is -0.488 e. The first-order valence-corrected chi connectivity index (χ1v) is 7.00.